The van der Waals surface area contributed by atoms with Gasteiger partial charge in [0.2, 0.25) is 11.8 Å². The zero-order valence-electron chi connectivity index (χ0n) is 21.7. The predicted octanol–water partition coefficient (Wildman–Crippen LogP) is 5.65. The zero-order valence-corrected chi connectivity index (χ0v) is 21.7. The molecule has 41 heavy (non-hydrogen) atoms. The summed E-state index contributed by atoms with van der Waals surface area (Å²) in [5.41, 5.74) is -4.95. The lowest BCUT2D eigenvalue weighted by molar-refractivity contribution is -0.143. The molecule has 0 radical (unpaired) electrons. The number of likely N-dealkylation sites (tertiary alicyclic amines) is 1. The minimum absolute atomic E-state index is 0.0280. The topological polar surface area (TPSA) is 70.7 Å². The summed E-state index contributed by atoms with van der Waals surface area (Å²) in [5.74, 6) is -2.11. The van der Waals surface area contributed by atoms with E-state index in [0.29, 0.717) is 44.0 Å². The smallest absolute Gasteiger partial charge is 0.381 e. The fourth-order valence-electron chi connectivity index (χ4n) is 5.03. The Bertz CT molecular complexity index is 1230. The molecule has 2 aromatic carbocycles. The van der Waals surface area contributed by atoms with Gasteiger partial charge in [0.15, 0.2) is 0 Å². The maximum absolute atomic E-state index is 13.5. The minimum atomic E-state index is -5.09. The van der Waals surface area contributed by atoms with Crippen LogP contribution in [0.5, 0.6) is 0 Å². The number of nitrogens with one attached hydrogen (secondary N) is 2. The van der Waals surface area contributed by atoms with Gasteiger partial charge in [0, 0.05) is 44.1 Å². The summed E-state index contributed by atoms with van der Waals surface area (Å²) in [6, 6.07) is 6.27. The predicted molar refractivity (Wildman–Crippen MR) is 136 cm³/mol. The number of ether oxygens (including phenoxy) is 1. The van der Waals surface area contributed by atoms with Crippen LogP contribution in [0.4, 0.5) is 36.4 Å². The molecule has 0 aromatic heterocycles. The van der Waals surface area contributed by atoms with E-state index in [9.17, 15) is 40.3 Å². The van der Waals surface area contributed by atoms with Crippen molar-refractivity contribution in [2.45, 2.75) is 49.6 Å². The number of nitrogens with zero attached hydrogens (tertiary/aromatic N) is 1. The van der Waals surface area contributed by atoms with Crippen molar-refractivity contribution in [1.82, 2.24) is 10.2 Å². The van der Waals surface area contributed by atoms with E-state index in [4.69, 9.17) is 4.74 Å². The van der Waals surface area contributed by atoms with Crippen molar-refractivity contribution in [3.05, 3.63) is 71.0 Å². The van der Waals surface area contributed by atoms with Crippen LogP contribution in [-0.4, -0.2) is 54.6 Å². The van der Waals surface area contributed by atoms with Gasteiger partial charge in [-0.25, -0.2) is 4.39 Å². The van der Waals surface area contributed by atoms with E-state index >= 15 is 0 Å². The minimum Gasteiger partial charge on any atom is -0.381 e. The molecule has 2 N–H and O–H groups in total. The lowest BCUT2D eigenvalue weighted by Crippen LogP contribution is -2.62. The van der Waals surface area contributed by atoms with Crippen LogP contribution in [0.2, 0.25) is 0 Å². The Morgan fingerprint density at radius 2 is 1.46 bits per heavy atom. The highest BCUT2D eigenvalue weighted by molar-refractivity contribution is 6.03. The molecular weight excluding hydrogens is 559 g/mol. The third kappa shape index (κ3) is 7.85. The third-order valence-electron chi connectivity index (χ3n) is 7.30. The molecule has 0 spiro atoms. The summed E-state index contributed by atoms with van der Waals surface area (Å²) in [6.07, 6.45) is -5.99. The van der Waals surface area contributed by atoms with Crippen molar-refractivity contribution >= 4 is 23.6 Å². The van der Waals surface area contributed by atoms with E-state index in [2.05, 4.69) is 15.5 Å². The molecule has 2 aliphatic heterocycles. The molecule has 0 saturated carbocycles. The molecule has 222 valence electrons. The van der Waals surface area contributed by atoms with Crippen LogP contribution in [-0.2, 0) is 26.7 Å². The molecule has 13 heteroatoms. The maximum atomic E-state index is 13.5. The summed E-state index contributed by atoms with van der Waals surface area (Å²) in [5, 5.41) is 4.84. The van der Waals surface area contributed by atoms with Gasteiger partial charge in [-0.1, -0.05) is 12.1 Å². The van der Waals surface area contributed by atoms with Crippen molar-refractivity contribution in [2.75, 3.05) is 31.6 Å². The zero-order chi connectivity index (χ0) is 29.8. The highest BCUT2D eigenvalue weighted by Crippen LogP contribution is 2.38. The van der Waals surface area contributed by atoms with Gasteiger partial charge in [0.1, 0.15) is 11.4 Å². The Morgan fingerprint density at radius 1 is 0.902 bits per heavy atom. The van der Waals surface area contributed by atoms with Gasteiger partial charge in [-0.2, -0.15) is 26.3 Å². The second kappa shape index (κ2) is 12.2. The number of anilines is 1. The van der Waals surface area contributed by atoms with Gasteiger partial charge in [0.05, 0.1) is 11.1 Å². The number of amides is 2. The maximum Gasteiger partial charge on any atom is 0.416 e. The fraction of sp³-hybridized carbons (Fsp3) is 0.429. The number of hydrogen-bond acceptors (Lipinski definition) is 4. The van der Waals surface area contributed by atoms with E-state index in [0.717, 1.165) is 18.9 Å². The summed E-state index contributed by atoms with van der Waals surface area (Å²) in [7, 11) is 0. The Kier molecular flexibility index (Phi) is 9.07. The summed E-state index contributed by atoms with van der Waals surface area (Å²) >= 11 is 0. The van der Waals surface area contributed by atoms with Crippen molar-refractivity contribution in [1.29, 1.82) is 0 Å². The second-order valence-corrected chi connectivity index (χ2v) is 10.1. The molecule has 2 saturated heterocycles. The third-order valence-corrected chi connectivity index (χ3v) is 7.30. The number of alkyl halides is 6. The SMILES string of the molecule is O=C(/C=C/c1ccc(F)cc1)NC1(C(=O)Nc2cc(C(F)(F)F)cc(C(F)(F)F)c2)CCN(C2CCOCC2)CC1. The number of halogens is 7. The molecule has 4 rings (SSSR count). The van der Waals surface area contributed by atoms with Gasteiger partial charge in [-0.15, -0.1) is 0 Å². The average molecular weight is 588 g/mol. The molecule has 0 atom stereocenters. The molecule has 0 aliphatic carbocycles. The lowest BCUT2D eigenvalue weighted by Gasteiger charge is -2.44. The van der Waals surface area contributed by atoms with E-state index in [1.807, 2.05) is 0 Å². The first-order valence-electron chi connectivity index (χ1n) is 12.9. The normalized spacial score (nSPS) is 18.8. The van der Waals surface area contributed by atoms with Crippen LogP contribution in [0.3, 0.4) is 0 Å². The van der Waals surface area contributed by atoms with Crippen LogP contribution in [0.1, 0.15) is 42.4 Å². The number of benzene rings is 2. The molecule has 2 aromatic rings. The highest BCUT2D eigenvalue weighted by Gasteiger charge is 2.44. The van der Waals surface area contributed by atoms with Crippen LogP contribution in [0.15, 0.2) is 48.5 Å². The van der Waals surface area contributed by atoms with E-state index < -0.39 is 52.3 Å². The molecule has 2 fully saturated rings. The molecule has 2 aliphatic rings. The first-order valence-corrected chi connectivity index (χ1v) is 12.9. The van der Waals surface area contributed by atoms with Crippen LogP contribution < -0.4 is 10.6 Å². The first-order chi connectivity index (χ1) is 19.2. The fourth-order valence-corrected chi connectivity index (χ4v) is 5.03. The lowest BCUT2D eigenvalue weighted by atomic mass is 9.84. The Hall–Kier alpha value is -3.45. The second-order valence-electron chi connectivity index (χ2n) is 10.1. The van der Waals surface area contributed by atoms with Gasteiger partial charge in [-0.3, -0.25) is 9.59 Å². The van der Waals surface area contributed by atoms with Crippen molar-refractivity contribution in [3.63, 3.8) is 0 Å². The average Bonchev–Trinajstić information content (AvgIpc) is 2.92. The van der Waals surface area contributed by atoms with Crippen molar-refractivity contribution in [2.24, 2.45) is 0 Å². The largest absolute Gasteiger partial charge is 0.416 e. The quantitative estimate of drug-likeness (QED) is 0.339. The van der Waals surface area contributed by atoms with Gasteiger partial charge in [0.25, 0.3) is 0 Å². The highest BCUT2D eigenvalue weighted by atomic mass is 19.4. The summed E-state index contributed by atoms with van der Waals surface area (Å²) in [6.45, 7) is 1.87. The number of hydrogen-bond donors (Lipinski definition) is 2. The van der Waals surface area contributed by atoms with Crippen molar-refractivity contribution in [3.8, 4) is 0 Å². The van der Waals surface area contributed by atoms with Crippen molar-refractivity contribution < 1.29 is 45.1 Å². The van der Waals surface area contributed by atoms with Gasteiger partial charge < -0.3 is 20.3 Å². The standard InChI is InChI=1S/C28H28F7N3O3/c29-21-4-1-18(2-5-21)3-6-24(39)37-26(9-11-38(12-10-26)23-7-13-41-14-8-23)25(40)36-22-16-19(27(30,31)32)15-20(17-22)28(33,34)35/h1-6,15-17,23H,7-14H2,(H,36,40)(H,37,39)/b6-3+. The number of rotatable bonds is 6. The Labute approximate surface area is 231 Å². The van der Waals surface area contributed by atoms with Gasteiger partial charge >= 0.3 is 12.4 Å². The van der Waals surface area contributed by atoms with Crippen LogP contribution >= 0.6 is 0 Å². The molecular formula is C28H28F7N3O3. The number of carbonyl (C=O) groups is 2. The Morgan fingerprint density at radius 3 is 2.00 bits per heavy atom. The molecule has 0 unspecified atom stereocenters. The monoisotopic (exact) mass is 587 g/mol. The van der Waals surface area contributed by atoms with Crippen LogP contribution in [0.25, 0.3) is 6.08 Å². The van der Waals surface area contributed by atoms with E-state index in [1.54, 1.807) is 0 Å². The number of piperidine rings is 1. The Balaban J connectivity index is 1.58. The van der Waals surface area contributed by atoms with E-state index in [1.165, 1.54) is 30.3 Å². The van der Waals surface area contributed by atoms with Crippen LogP contribution in [0, 0.1) is 5.82 Å². The molecule has 2 amide bonds. The molecule has 6 nitrogen and oxygen atoms in total. The first kappa shape index (κ1) is 30.5. The molecule has 2 heterocycles. The summed E-state index contributed by atoms with van der Waals surface area (Å²) in [4.78, 5) is 28.6. The van der Waals surface area contributed by atoms with Gasteiger partial charge in [-0.05, 0) is 67.7 Å². The number of carbonyl (C=O) groups excluding carboxylic acids is 2. The van der Waals surface area contributed by atoms with E-state index in [-0.39, 0.29) is 24.9 Å². The summed E-state index contributed by atoms with van der Waals surface area (Å²) < 4.78 is 98.7. The molecule has 0 bridgehead atoms.